The molecule has 0 aliphatic rings. The lowest BCUT2D eigenvalue weighted by molar-refractivity contribution is 0.104. The van der Waals surface area contributed by atoms with Crippen molar-refractivity contribution in [1.82, 2.24) is 0 Å². The number of rotatable bonds is 3. The SMILES string of the molecule is Cc1ccc(C(=O)C=Cc2c3ccccc3cc3ccccc23)cc1. The van der Waals surface area contributed by atoms with Gasteiger partial charge in [0.2, 0.25) is 0 Å². The number of hydrogen-bond acceptors (Lipinski definition) is 1. The monoisotopic (exact) mass is 322 g/mol. The van der Waals surface area contributed by atoms with Crippen LogP contribution in [-0.2, 0) is 0 Å². The molecule has 120 valence electrons. The summed E-state index contributed by atoms with van der Waals surface area (Å²) in [5.74, 6) is 0.0250. The highest BCUT2D eigenvalue weighted by Crippen LogP contribution is 2.29. The van der Waals surface area contributed by atoms with Crippen molar-refractivity contribution >= 4 is 33.4 Å². The summed E-state index contributed by atoms with van der Waals surface area (Å²) in [4.78, 5) is 12.5. The Morgan fingerprint density at radius 3 is 1.92 bits per heavy atom. The minimum absolute atomic E-state index is 0.0250. The zero-order chi connectivity index (χ0) is 17.2. The van der Waals surface area contributed by atoms with Crippen molar-refractivity contribution in [2.75, 3.05) is 0 Å². The molecule has 4 rings (SSSR count). The average Bonchev–Trinajstić information content (AvgIpc) is 2.65. The van der Waals surface area contributed by atoms with Crippen LogP contribution in [0.25, 0.3) is 27.6 Å². The number of hydrogen-bond donors (Lipinski definition) is 0. The Morgan fingerprint density at radius 1 is 0.760 bits per heavy atom. The molecular weight excluding hydrogens is 304 g/mol. The molecule has 0 amide bonds. The predicted molar refractivity (Wildman–Crippen MR) is 106 cm³/mol. The molecule has 4 aromatic carbocycles. The fraction of sp³-hybridized carbons (Fsp3) is 0.0417. The van der Waals surface area contributed by atoms with Gasteiger partial charge < -0.3 is 0 Å². The highest BCUT2D eigenvalue weighted by atomic mass is 16.1. The van der Waals surface area contributed by atoms with E-state index in [1.54, 1.807) is 6.08 Å². The van der Waals surface area contributed by atoms with Crippen molar-refractivity contribution in [2.45, 2.75) is 6.92 Å². The summed E-state index contributed by atoms with van der Waals surface area (Å²) < 4.78 is 0. The molecule has 0 bridgehead atoms. The lowest BCUT2D eigenvalue weighted by Gasteiger charge is -2.08. The van der Waals surface area contributed by atoms with E-state index in [9.17, 15) is 4.79 Å². The van der Waals surface area contributed by atoms with E-state index in [1.165, 1.54) is 10.8 Å². The molecule has 1 heteroatoms. The van der Waals surface area contributed by atoms with Crippen LogP contribution in [0.15, 0.2) is 84.9 Å². The van der Waals surface area contributed by atoms with Crippen molar-refractivity contribution in [3.05, 3.63) is 102 Å². The molecule has 1 nitrogen and oxygen atoms in total. The zero-order valence-electron chi connectivity index (χ0n) is 14.1. The lowest BCUT2D eigenvalue weighted by Crippen LogP contribution is -1.94. The van der Waals surface area contributed by atoms with Crippen molar-refractivity contribution in [3.8, 4) is 0 Å². The third-order valence-corrected chi connectivity index (χ3v) is 4.55. The van der Waals surface area contributed by atoms with Crippen LogP contribution in [0.2, 0.25) is 0 Å². The predicted octanol–water partition coefficient (Wildman–Crippen LogP) is 6.20. The molecule has 0 saturated carbocycles. The molecule has 0 aromatic heterocycles. The second kappa shape index (κ2) is 6.37. The summed E-state index contributed by atoms with van der Waals surface area (Å²) in [6.45, 7) is 2.02. The van der Waals surface area contributed by atoms with Gasteiger partial charge in [0.25, 0.3) is 0 Å². The highest BCUT2D eigenvalue weighted by Gasteiger charge is 2.06. The molecule has 0 spiro atoms. The van der Waals surface area contributed by atoms with Crippen LogP contribution in [0.4, 0.5) is 0 Å². The van der Waals surface area contributed by atoms with Crippen molar-refractivity contribution in [3.63, 3.8) is 0 Å². The van der Waals surface area contributed by atoms with E-state index in [-0.39, 0.29) is 5.78 Å². The maximum atomic E-state index is 12.5. The Kier molecular flexibility index (Phi) is 3.91. The maximum Gasteiger partial charge on any atom is 0.185 e. The molecule has 0 saturated heterocycles. The molecule has 25 heavy (non-hydrogen) atoms. The first-order valence-corrected chi connectivity index (χ1v) is 8.42. The highest BCUT2D eigenvalue weighted by molar-refractivity contribution is 6.11. The van der Waals surface area contributed by atoms with E-state index in [1.807, 2.05) is 61.5 Å². The molecule has 0 radical (unpaired) electrons. The minimum Gasteiger partial charge on any atom is -0.289 e. The summed E-state index contributed by atoms with van der Waals surface area (Å²) in [5, 5.41) is 4.69. The molecule has 0 fully saturated rings. The van der Waals surface area contributed by atoms with Gasteiger partial charge in [0, 0.05) is 5.56 Å². The van der Waals surface area contributed by atoms with Gasteiger partial charge in [0.15, 0.2) is 5.78 Å². The van der Waals surface area contributed by atoms with Crippen molar-refractivity contribution < 1.29 is 4.79 Å². The molecule has 0 heterocycles. The largest absolute Gasteiger partial charge is 0.289 e. The number of carbonyl (C=O) groups excluding carboxylic acids is 1. The summed E-state index contributed by atoms with van der Waals surface area (Å²) in [7, 11) is 0. The van der Waals surface area contributed by atoms with Crippen LogP contribution in [0.5, 0.6) is 0 Å². The summed E-state index contributed by atoms with van der Waals surface area (Å²) in [6.07, 6.45) is 3.63. The van der Waals surface area contributed by atoms with Crippen LogP contribution < -0.4 is 0 Å². The fourth-order valence-electron chi connectivity index (χ4n) is 3.20. The number of carbonyl (C=O) groups is 1. The number of benzene rings is 4. The van der Waals surface area contributed by atoms with E-state index in [2.05, 4.69) is 30.3 Å². The number of ketones is 1. The van der Waals surface area contributed by atoms with E-state index in [0.29, 0.717) is 5.56 Å². The van der Waals surface area contributed by atoms with E-state index in [4.69, 9.17) is 0 Å². The van der Waals surface area contributed by atoms with E-state index >= 15 is 0 Å². The summed E-state index contributed by atoms with van der Waals surface area (Å²) in [6, 6.07) is 26.5. The Morgan fingerprint density at radius 2 is 1.32 bits per heavy atom. The number of allylic oxidation sites excluding steroid dienone is 1. The van der Waals surface area contributed by atoms with Crippen LogP contribution in [0, 0.1) is 6.92 Å². The molecule has 0 aliphatic carbocycles. The Hall–Kier alpha value is -3.19. The first-order valence-electron chi connectivity index (χ1n) is 8.42. The van der Waals surface area contributed by atoms with Gasteiger partial charge in [-0.2, -0.15) is 0 Å². The smallest absolute Gasteiger partial charge is 0.185 e. The molecule has 0 unspecified atom stereocenters. The third-order valence-electron chi connectivity index (χ3n) is 4.55. The lowest BCUT2D eigenvalue weighted by atomic mass is 9.96. The molecule has 0 aliphatic heterocycles. The second-order valence-corrected chi connectivity index (χ2v) is 6.30. The quantitative estimate of drug-likeness (QED) is 0.249. The number of fused-ring (bicyclic) bond motifs is 2. The van der Waals surface area contributed by atoms with Crippen molar-refractivity contribution in [1.29, 1.82) is 0 Å². The maximum absolute atomic E-state index is 12.5. The molecule has 0 N–H and O–H groups in total. The molecule has 4 aromatic rings. The standard InChI is InChI=1S/C24H18O/c1-17-10-12-18(13-11-17)24(25)15-14-23-21-8-4-2-6-19(21)16-20-7-3-5-9-22(20)23/h2-16H,1H3. The topological polar surface area (TPSA) is 17.1 Å². The van der Waals surface area contributed by atoms with Crippen LogP contribution in [0.1, 0.15) is 21.5 Å². The zero-order valence-corrected chi connectivity index (χ0v) is 14.1. The average molecular weight is 322 g/mol. The third kappa shape index (κ3) is 2.97. The minimum atomic E-state index is 0.0250. The fourth-order valence-corrected chi connectivity index (χ4v) is 3.20. The summed E-state index contributed by atoms with van der Waals surface area (Å²) >= 11 is 0. The van der Waals surface area contributed by atoms with Gasteiger partial charge in [0.05, 0.1) is 0 Å². The van der Waals surface area contributed by atoms with Crippen LogP contribution in [0.3, 0.4) is 0 Å². The first-order chi connectivity index (χ1) is 12.2. The van der Waals surface area contributed by atoms with Gasteiger partial charge in [-0.1, -0.05) is 78.4 Å². The van der Waals surface area contributed by atoms with Gasteiger partial charge in [-0.15, -0.1) is 0 Å². The number of aryl methyl sites for hydroxylation is 1. The van der Waals surface area contributed by atoms with Crippen LogP contribution in [-0.4, -0.2) is 5.78 Å². The van der Waals surface area contributed by atoms with Gasteiger partial charge in [-0.3, -0.25) is 4.79 Å². The Balaban J connectivity index is 1.84. The normalized spacial score (nSPS) is 11.4. The molecular formula is C24H18O. The van der Waals surface area contributed by atoms with Crippen molar-refractivity contribution in [2.24, 2.45) is 0 Å². The Labute approximate surface area is 147 Å². The van der Waals surface area contributed by atoms with E-state index in [0.717, 1.165) is 21.9 Å². The van der Waals surface area contributed by atoms with Gasteiger partial charge in [0.1, 0.15) is 0 Å². The molecule has 0 atom stereocenters. The van der Waals surface area contributed by atoms with E-state index < -0.39 is 0 Å². The second-order valence-electron chi connectivity index (χ2n) is 6.30. The first kappa shape index (κ1) is 15.3. The van der Waals surface area contributed by atoms with Gasteiger partial charge in [-0.25, -0.2) is 0 Å². The van der Waals surface area contributed by atoms with Gasteiger partial charge >= 0.3 is 0 Å². The summed E-state index contributed by atoms with van der Waals surface area (Å²) in [5.41, 5.74) is 2.96. The van der Waals surface area contributed by atoms with Crippen LogP contribution >= 0.6 is 0 Å². The van der Waals surface area contributed by atoms with Gasteiger partial charge in [-0.05, 0) is 52.3 Å². The Bertz CT molecular complexity index is 1050.